The van der Waals surface area contributed by atoms with Crippen LogP contribution in [-0.2, 0) is 4.79 Å². The van der Waals surface area contributed by atoms with Gasteiger partial charge in [0.15, 0.2) is 0 Å². The first kappa shape index (κ1) is 11.9. The van der Waals surface area contributed by atoms with E-state index in [0.717, 1.165) is 24.3 Å². The molecule has 1 aliphatic carbocycles. The van der Waals surface area contributed by atoms with Gasteiger partial charge < -0.3 is 14.7 Å². The predicted octanol–water partition coefficient (Wildman–Crippen LogP) is 1.43. The van der Waals surface area contributed by atoms with Crippen LogP contribution in [0.4, 0.5) is 5.69 Å². The van der Waals surface area contributed by atoms with Gasteiger partial charge in [0, 0.05) is 18.8 Å². The minimum absolute atomic E-state index is 0.0201. The lowest BCUT2D eigenvalue weighted by atomic mass is 10.1. The van der Waals surface area contributed by atoms with Crippen LogP contribution in [-0.4, -0.2) is 31.8 Å². The first-order valence-electron chi connectivity index (χ1n) is 5.66. The van der Waals surface area contributed by atoms with Crippen LogP contribution in [0.5, 0.6) is 5.75 Å². The molecule has 4 heteroatoms. The first-order valence-corrected chi connectivity index (χ1v) is 5.66. The number of aliphatic hydroxyl groups excluding tert-OH is 1. The van der Waals surface area contributed by atoms with Crippen LogP contribution in [0.25, 0.3) is 0 Å². The highest BCUT2D eigenvalue weighted by molar-refractivity contribution is 5.99. The van der Waals surface area contributed by atoms with E-state index < -0.39 is 5.41 Å². The molecule has 1 saturated carbocycles. The summed E-state index contributed by atoms with van der Waals surface area (Å²) < 4.78 is 5.12. The Hall–Kier alpha value is -1.55. The maximum Gasteiger partial charge on any atom is 0.235 e. The van der Waals surface area contributed by atoms with E-state index in [1.54, 1.807) is 19.1 Å². The van der Waals surface area contributed by atoms with Gasteiger partial charge in [0.2, 0.25) is 5.91 Å². The Labute approximate surface area is 101 Å². The van der Waals surface area contributed by atoms with Crippen LogP contribution in [0.1, 0.15) is 12.8 Å². The van der Waals surface area contributed by atoms with E-state index in [-0.39, 0.29) is 12.5 Å². The van der Waals surface area contributed by atoms with Crippen molar-refractivity contribution in [3.8, 4) is 5.75 Å². The van der Waals surface area contributed by atoms with Gasteiger partial charge in [-0.1, -0.05) is 6.07 Å². The summed E-state index contributed by atoms with van der Waals surface area (Å²) in [5.74, 6) is 0.698. The number of methoxy groups -OCH3 is 1. The number of amides is 1. The predicted molar refractivity (Wildman–Crippen MR) is 65.2 cm³/mol. The number of hydrogen-bond donors (Lipinski definition) is 1. The smallest absolute Gasteiger partial charge is 0.235 e. The molecule has 1 amide bonds. The van der Waals surface area contributed by atoms with Gasteiger partial charge in [-0.15, -0.1) is 0 Å². The summed E-state index contributed by atoms with van der Waals surface area (Å²) in [6, 6.07) is 7.34. The van der Waals surface area contributed by atoms with E-state index in [1.165, 1.54) is 0 Å². The van der Waals surface area contributed by atoms with Gasteiger partial charge in [0.1, 0.15) is 5.75 Å². The highest BCUT2D eigenvalue weighted by atomic mass is 16.5. The monoisotopic (exact) mass is 235 g/mol. The first-order chi connectivity index (χ1) is 8.13. The lowest BCUT2D eigenvalue weighted by Gasteiger charge is -2.22. The fourth-order valence-electron chi connectivity index (χ4n) is 1.88. The number of hydrogen-bond acceptors (Lipinski definition) is 3. The number of nitrogens with zero attached hydrogens (tertiary/aromatic N) is 1. The minimum atomic E-state index is -0.530. The molecule has 2 rings (SSSR count). The molecule has 0 spiro atoms. The summed E-state index contributed by atoms with van der Waals surface area (Å²) in [4.78, 5) is 13.8. The van der Waals surface area contributed by atoms with Gasteiger partial charge in [-0.2, -0.15) is 0 Å². The highest BCUT2D eigenvalue weighted by Crippen LogP contribution is 2.47. The molecule has 0 atom stereocenters. The molecule has 4 nitrogen and oxygen atoms in total. The van der Waals surface area contributed by atoms with Crippen molar-refractivity contribution in [2.45, 2.75) is 12.8 Å². The number of anilines is 1. The number of carbonyl (C=O) groups is 1. The normalized spacial score (nSPS) is 16.4. The molecule has 1 aromatic rings. The quantitative estimate of drug-likeness (QED) is 0.859. The topological polar surface area (TPSA) is 49.8 Å². The van der Waals surface area contributed by atoms with Crippen molar-refractivity contribution in [2.24, 2.45) is 5.41 Å². The second kappa shape index (κ2) is 4.37. The molecule has 0 heterocycles. The van der Waals surface area contributed by atoms with Gasteiger partial charge in [-0.3, -0.25) is 4.79 Å². The van der Waals surface area contributed by atoms with Crippen molar-refractivity contribution < 1.29 is 14.6 Å². The van der Waals surface area contributed by atoms with E-state index >= 15 is 0 Å². The van der Waals surface area contributed by atoms with Crippen LogP contribution in [0.3, 0.4) is 0 Å². The zero-order valence-corrected chi connectivity index (χ0v) is 10.1. The van der Waals surface area contributed by atoms with Crippen molar-refractivity contribution in [2.75, 3.05) is 25.7 Å². The fraction of sp³-hybridized carbons (Fsp3) is 0.462. The summed E-state index contributed by atoms with van der Waals surface area (Å²) in [6.07, 6.45) is 1.55. The number of ether oxygens (including phenoxy) is 1. The van der Waals surface area contributed by atoms with Gasteiger partial charge in [-0.25, -0.2) is 0 Å². The molecule has 0 unspecified atom stereocenters. The van der Waals surface area contributed by atoms with E-state index in [4.69, 9.17) is 4.74 Å². The van der Waals surface area contributed by atoms with Crippen molar-refractivity contribution in [1.29, 1.82) is 0 Å². The average molecular weight is 235 g/mol. The molecular weight excluding hydrogens is 218 g/mol. The Kier molecular flexibility index (Phi) is 3.07. The molecule has 1 fully saturated rings. The SMILES string of the molecule is COc1cccc(N(C)C(=O)C2(CO)CC2)c1. The Balaban J connectivity index is 2.19. The zero-order chi connectivity index (χ0) is 12.5. The van der Waals surface area contributed by atoms with Crippen molar-refractivity contribution in [1.82, 2.24) is 0 Å². The summed E-state index contributed by atoms with van der Waals surface area (Å²) in [6.45, 7) is -0.0693. The van der Waals surface area contributed by atoms with Crippen molar-refractivity contribution in [3.63, 3.8) is 0 Å². The number of benzene rings is 1. The molecule has 17 heavy (non-hydrogen) atoms. The third kappa shape index (κ3) is 2.13. The molecule has 0 radical (unpaired) electrons. The van der Waals surface area contributed by atoms with Gasteiger partial charge in [0.25, 0.3) is 0 Å². The minimum Gasteiger partial charge on any atom is -0.497 e. The largest absolute Gasteiger partial charge is 0.497 e. The van der Waals surface area contributed by atoms with Crippen molar-refractivity contribution >= 4 is 11.6 Å². The van der Waals surface area contributed by atoms with E-state index in [1.807, 2.05) is 24.3 Å². The molecule has 0 saturated heterocycles. The average Bonchev–Trinajstić information content (AvgIpc) is 3.18. The van der Waals surface area contributed by atoms with E-state index in [9.17, 15) is 9.90 Å². The summed E-state index contributed by atoms with van der Waals surface area (Å²) in [5, 5.41) is 9.25. The second-order valence-electron chi connectivity index (χ2n) is 4.50. The van der Waals surface area contributed by atoms with Gasteiger partial charge >= 0.3 is 0 Å². The molecule has 92 valence electrons. The molecule has 0 bridgehead atoms. The lowest BCUT2D eigenvalue weighted by Crippen LogP contribution is -2.36. The number of rotatable bonds is 4. The molecule has 0 aromatic heterocycles. The molecule has 1 aliphatic rings. The lowest BCUT2D eigenvalue weighted by molar-refractivity contribution is -0.124. The van der Waals surface area contributed by atoms with Crippen LogP contribution < -0.4 is 9.64 Å². The highest BCUT2D eigenvalue weighted by Gasteiger charge is 2.50. The molecule has 0 aliphatic heterocycles. The third-order valence-corrected chi connectivity index (χ3v) is 3.36. The standard InChI is InChI=1S/C13H17NO3/c1-14(12(16)13(9-15)6-7-13)10-4-3-5-11(8-10)17-2/h3-5,8,15H,6-7,9H2,1-2H3. The van der Waals surface area contributed by atoms with E-state index in [2.05, 4.69) is 0 Å². The Morgan fingerprint density at radius 1 is 1.53 bits per heavy atom. The fourth-order valence-corrected chi connectivity index (χ4v) is 1.88. The van der Waals surface area contributed by atoms with Crippen LogP contribution in [0.2, 0.25) is 0 Å². The molecular formula is C13H17NO3. The number of carbonyl (C=O) groups excluding carboxylic acids is 1. The Morgan fingerprint density at radius 2 is 2.24 bits per heavy atom. The molecule has 1 N–H and O–H groups in total. The Morgan fingerprint density at radius 3 is 2.76 bits per heavy atom. The van der Waals surface area contributed by atoms with E-state index in [0.29, 0.717) is 0 Å². The summed E-state index contributed by atoms with van der Waals surface area (Å²) in [7, 11) is 3.32. The van der Waals surface area contributed by atoms with Crippen LogP contribution in [0.15, 0.2) is 24.3 Å². The third-order valence-electron chi connectivity index (χ3n) is 3.36. The molecule has 1 aromatic carbocycles. The second-order valence-corrected chi connectivity index (χ2v) is 4.50. The zero-order valence-electron chi connectivity index (χ0n) is 10.1. The maximum atomic E-state index is 12.2. The van der Waals surface area contributed by atoms with Crippen LogP contribution >= 0.6 is 0 Å². The maximum absolute atomic E-state index is 12.2. The summed E-state index contributed by atoms with van der Waals surface area (Å²) >= 11 is 0. The number of aliphatic hydroxyl groups is 1. The summed E-state index contributed by atoms with van der Waals surface area (Å²) in [5.41, 5.74) is 0.256. The van der Waals surface area contributed by atoms with Gasteiger partial charge in [0.05, 0.1) is 19.1 Å². The van der Waals surface area contributed by atoms with Crippen LogP contribution in [0, 0.1) is 5.41 Å². The van der Waals surface area contributed by atoms with Crippen molar-refractivity contribution in [3.05, 3.63) is 24.3 Å². The van der Waals surface area contributed by atoms with Gasteiger partial charge in [-0.05, 0) is 25.0 Å². The Bertz CT molecular complexity index is 426.